The third-order valence-electron chi connectivity index (χ3n) is 3.13. The van der Waals surface area contributed by atoms with E-state index in [-0.39, 0.29) is 30.4 Å². The molecule has 1 amide bonds. The van der Waals surface area contributed by atoms with Crippen LogP contribution in [0.2, 0.25) is 0 Å². The van der Waals surface area contributed by atoms with Crippen LogP contribution in [0.25, 0.3) is 0 Å². The van der Waals surface area contributed by atoms with E-state index in [0.29, 0.717) is 12.2 Å². The van der Waals surface area contributed by atoms with E-state index in [1.807, 2.05) is 0 Å². The number of hydrogen-bond donors (Lipinski definition) is 1. The number of rotatable bonds is 3. The fourth-order valence-corrected chi connectivity index (χ4v) is 2.10. The number of ether oxygens (including phenoxy) is 1. The van der Waals surface area contributed by atoms with E-state index in [1.165, 1.54) is 17.0 Å². The lowest BCUT2D eigenvalue weighted by atomic mass is 10.1. The van der Waals surface area contributed by atoms with Gasteiger partial charge in [-0.2, -0.15) is 0 Å². The Balaban J connectivity index is 2.31. The van der Waals surface area contributed by atoms with Crippen LogP contribution < -0.4 is 4.90 Å². The first-order valence-electron chi connectivity index (χ1n) is 5.86. The Bertz CT molecular complexity index is 517. The molecular weight excluding hydrogens is 253 g/mol. The van der Waals surface area contributed by atoms with Gasteiger partial charge in [-0.3, -0.25) is 4.79 Å². The lowest BCUT2D eigenvalue weighted by Gasteiger charge is -2.17. The van der Waals surface area contributed by atoms with Crippen LogP contribution >= 0.6 is 0 Å². The molecule has 2 rings (SSSR count). The van der Waals surface area contributed by atoms with Crippen molar-refractivity contribution in [1.82, 2.24) is 0 Å². The maximum absolute atomic E-state index is 13.5. The molecule has 0 radical (unpaired) electrons. The summed E-state index contributed by atoms with van der Waals surface area (Å²) in [4.78, 5) is 24.6. The molecule has 5 nitrogen and oxygen atoms in total. The normalized spacial score (nSPS) is 18.8. The van der Waals surface area contributed by atoms with E-state index < -0.39 is 11.8 Å². The molecule has 1 aliphatic rings. The zero-order valence-corrected chi connectivity index (χ0v) is 10.4. The van der Waals surface area contributed by atoms with Gasteiger partial charge in [0.2, 0.25) is 5.91 Å². The van der Waals surface area contributed by atoms with E-state index in [1.54, 1.807) is 0 Å². The highest BCUT2D eigenvalue weighted by molar-refractivity contribution is 5.97. The first-order valence-corrected chi connectivity index (χ1v) is 5.86. The van der Waals surface area contributed by atoms with Crippen molar-refractivity contribution in [2.24, 2.45) is 5.92 Å². The van der Waals surface area contributed by atoms with Gasteiger partial charge in [-0.1, -0.05) is 0 Å². The second-order valence-electron chi connectivity index (χ2n) is 4.41. The van der Waals surface area contributed by atoms with Gasteiger partial charge in [0.25, 0.3) is 0 Å². The topological polar surface area (TPSA) is 66.8 Å². The summed E-state index contributed by atoms with van der Waals surface area (Å²) in [5.74, 6) is -1.76. The Morgan fingerprint density at radius 2 is 2.32 bits per heavy atom. The summed E-state index contributed by atoms with van der Waals surface area (Å²) in [5, 5.41) is 9.06. The van der Waals surface area contributed by atoms with Crippen molar-refractivity contribution >= 4 is 17.6 Å². The van der Waals surface area contributed by atoms with Gasteiger partial charge in [0.15, 0.2) is 0 Å². The molecule has 1 aromatic carbocycles. The van der Waals surface area contributed by atoms with Crippen molar-refractivity contribution in [2.75, 3.05) is 25.2 Å². The summed E-state index contributed by atoms with van der Waals surface area (Å²) < 4.78 is 18.0. The fourth-order valence-electron chi connectivity index (χ4n) is 2.10. The fraction of sp³-hybridized carbons (Fsp3) is 0.385. The lowest BCUT2D eigenvalue weighted by molar-refractivity contribution is -0.117. The number of halogens is 1. The van der Waals surface area contributed by atoms with Crippen LogP contribution in [0, 0.1) is 11.7 Å². The van der Waals surface area contributed by atoms with E-state index in [4.69, 9.17) is 5.11 Å². The number of aliphatic hydroxyl groups excluding tert-OH is 1. The molecule has 1 fully saturated rings. The Labute approximate surface area is 109 Å². The molecule has 0 aromatic heterocycles. The van der Waals surface area contributed by atoms with Gasteiger partial charge in [-0.15, -0.1) is 0 Å². The van der Waals surface area contributed by atoms with Gasteiger partial charge < -0.3 is 14.7 Å². The number of carbonyl (C=O) groups is 2. The molecule has 1 saturated heterocycles. The SMILES string of the molecule is COC(=O)c1cc(N2CC(CO)CC2=O)ccc1F. The molecule has 1 unspecified atom stereocenters. The minimum atomic E-state index is -0.787. The maximum Gasteiger partial charge on any atom is 0.340 e. The van der Waals surface area contributed by atoms with Crippen LogP contribution in [0.5, 0.6) is 0 Å². The molecule has 102 valence electrons. The molecule has 0 spiro atoms. The number of anilines is 1. The van der Waals surface area contributed by atoms with Crippen LogP contribution in [0.4, 0.5) is 10.1 Å². The van der Waals surface area contributed by atoms with Crippen LogP contribution in [0.1, 0.15) is 16.8 Å². The zero-order chi connectivity index (χ0) is 14.0. The quantitative estimate of drug-likeness (QED) is 0.828. The predicted octanol–water partition coefficient (Wildman–Crippen LogP) is 0.958. The Hall–Kier alpha value is -1.95. The lowest BCUT2D eigenvalue weighted by Crippen LogP contribution is -2.25. The number of benzene rings is 1. The number of aliphatic hydroxyl groups is 1. The first-order chi connectivity index (χ1) is 9.06. The van der Waals surface area contributed by atoms with Gasteiger partial charge in [0.1, 0.15) is 5.82 Å². The number of hydrogen-bond acceptors (Lipinski definition) is 4. The molecule has 1 aliphatic heterocycles. The molecule has 1 atom stereocenters. The number of methoxy groups -OCH3 is 1. The Kier molecular flexibility index (Phi) is 3.80. The second-order valence-corrected chi connectivity index (χ2v) is 4.41. The monoisotopic (exact) mass is 267 g/mol. The molecule has 1 heterocycles. The summed E-state index contributed by atoms with van der Waals surface area (Å²) in [6.07, 6.45) is 0.251. The van der Waals surface area contributed by atoms with E-state index in [0.717, 1.165) is 13.2 Å². The highest BCUT2D eigenvalue weighted by Crippen LogP contribution is 2.26. The second kappa shape index (κ2) is 5.36. The van der Waals surface area contributed by atoms with Crippen LogP contribution in [0.15, 0.2) is 18.2 Å². The third-order valence-corrected chi connectivity index (χ3v) is 3.13. The van der Waals surface area contributed by atoms with Gasteiger partial charge in [-0.05, 0) is 18.2 Å². The van der Waals surface area contributed by atoms with Crippen LogP contribution in [0.3, 0.4) is 0 Å². The molecule has 0 aliphatic carbocycles. The molecule has 0 bridgehead atoms. The highest BCUT2D eigenvalue weighted by Gasteiger charge is 2.30. The number of nitrogens with zero attached hydrogens (tertiary/aromatic N) is 1. The summed E-state index contributed by atoms with van der Waals surface area (Å²) >= 11 is 0. The van der Waals surface area contributed by atoms with Gasteiger partial charge in [-0.25, -0.2) is 9.18 Å². The molecule has 1 aromatic rings. The smallest absolute Gasteiger partial charge is 0.340 e. The van der Waals surface area contributed by atoms with E-state index in [9.17, 15) is 14.0 Å². The van der Waals surface area contributed by atoms with E-state index in [2.05, 4.69) is 4.74 Å². The molecule has 19 heavy (non-hydrogen) atoms. The molecule has 0 saturated carbocycles. The highest BCUT2D eigenvalue weighted by atomic mass is 19.1. The Morgan fingerprint density at radius 1 is 1.58 bits per heavy atom. The summed E-state index contributed by atoms with van der Waals surface area (Å²) in [6, 6.07) is 3.85. The third kappa shape index (κ3) is 2.58. The Morgan fingerprint density at radius 3 is 2.89 bits per heavy atom. The van der Waals surface area contributed by atoms with Crippen LogP contribution in [-0.2, 0) is 9.53 Å². The van der Waals surface area contributed by atoms with Crippen molar-refractivity contribution in [3.05, 3.63) is 29.6 Å². The standard InChI is InChI=1S/C13H14FNO4/c1-19-13(18)10-5-9(2-3-11(10)14)15-6-8(7-16)4-12(15)17/h2-3,5,8,16H,4,6-7H2,1H3. The molecule has 1 N–H and O–H groups in total. The number of amides is 1. The summed E-state index contributed by atoms with van der Waals surface area (Å²) in [7, 11) is 1.16. The summed E-state index contributed by atoms with van der Waals surface area (Å²) in [6.45, 7) is 0.287. The van der Waals surface area contributed by atoms with Gasteiger partial charge in [0, 0.05) is 31.2 Å². The number of esters is 1. The largest absolute Gasteiger partial charge is 0.465 e. The van der Waals surface area contributed by atoms with Gasteiger partial charge in [0.05, 0.1) is 12.7 Å². The maximum atomic E-state index is 13.5. The molecular formula is C13H14FNO4. The zero-order valence-electron chi connectivity index (χ0n) is 10.4. The summed E-state index contributed by atoms with van der Waals surface area (Å²) in [5.41, 5.74) is 0.225. The van der Waals surface area contributed by atoms with Crippen molar-refractivity contribution < 1.29 is 23.8 Å². The average Bonchev–Trinajstić information content (AvgIpc) is 2.80. The molecule has 6 heteroatoms. The number of carbonyl (C=O) groups excluding carboxylic acids is 2. The van der Waals surface area contributed by atoms with Crippen molar-refractivity contribution in [1.29, 1.82) is 0 Å². The van der Waals surface area contributed by atoms with Gasteiger partial charge >= 0.3 is 5.97 Å². The first kappa shape index (κ1) is 13.5. The minimum Gasteiger partial charge on any atom is -0.465 e. The predicted molar refractivity (Wildman–Crippen MR) is 65.3 cm³/mol. The minimum absolute atomic E-state index is 0.0761. The van der Waals surface area contributed by atoms with Crippen molar-refractivity contribution in [3.63, 3.8) is 0 Å². The van der Waals surface area contributed by atoms with Crippen molar-refractivity contribution in [3.8, 4) is 0 Å². The van der Waals surface area contributed by atoms with Crippen molar-refractivity contribution in [2.45, 2.75) is 6.42 Å². The van der Waals surface area contributed by atoms with E-state index >= 15 is 0 Å². The van der Waals surface area contributed by atoms with Crippen LogP contribution in [-0.4, -0.2) is 37.2 Å². The average molecular weight is 267 g/mol.